The molecule has 24 heavy (non-hydrogen) atoms. The number of carboxylic acids is 1. The third kappa shape index (κ3) is 3.85. The van der Waals surface area contributed by atoms with Gasteiger partial charge in [-0.3, -0.25) is 0 Å². The molecule has 1 fully saturated rings. The standard InChI is InChI=1S/C21H27NO2/c1-4-7-17(14(3)5-2)18-8-6-9-19(18)20(22)15-10-12-16(13-11-15)21(23)24/h4-5,7,10-13,18-20H,2,6,8-9,22H2,1,3H3,(H,23,24)/b7-4-,17-14+. The van der Waals surface area contributed by atoms with E-state index in [0.29, 0.717) is 17.4 Å². The van der Waals surface area contributed by atoms with Gasteiger partial charge in [-0.15, -0.1) is 0 Å². The smallest absolute Gasteiger partial charge is 0.335 e. The van der Waals surface area contributed by atoms with E-state index in [1.807, 2.05) is 25.1 Å². The largest absolute Gasteiger partial charge is 0.478 e. The predicted molar refractivity (Wildman–Crippen MR) is 98.9 cm³/mol. The first kappa shape index (κ1) is 18.2. The lowest BCUT2D eigenvalue weighted by molar-refractivity contribution is 0.0697. The van der Waals surface area contributed by atoms with E-state index in [-0.39, 0.29) is 6.04 Å². The summed E-state index contributed by atoms with van der Waals surface area (Å²) in [5.74, 6) is -0.121. The van der Waals surface area contributed by atoms with Crippen molar-refractivity contribution in [3.05, 3.63) is 71.3 Å². The summed E-state index contributed by atoms with van der Waals surface area (Å²) in [5.41, 5.74) is 10.4. The monoisotopic (exact) mass is 325 g/mol. The van der Waals surface area contributed by atoms with E-state index >= 15 is 0 Å². The Balaban J connectivity index is 2.28. The van der Waals surface area contributed by atoms with Gasteiger partial charge < -0.3 is 10.8 Å². The summed E-state index contributed by atoms with van der Waals surface area (Å²) in [5, 5.41) is 9.03. The van der Waals surface area contributed by atoms with Crippen LogP contribution >= 0.6 is 0 Å². The first-order chi connectivity index (χ1) is 11.5. The molecule has 1 aliphatic rings. The third-order valence-corrected chi connectivity index (χ3v) is 5.08. The Labute approximate surface area is 144 Å². The summed E-state index contributed by atoms with van der Waals surface area (Å²) in [6.45, 7) is 8.05. The Morgan fingerprint density at radius 1 is 1.33 bits per heavy atom. The minimum absolute atomic E-state index is 0.0850. The average Bonchev–Trinajstić information content (AvgIpc) is 3.07. The quantitative estimate of drug-likeness (QED) is 0.733. The van der Waals surface area contributed by atoms with Crippen LogP contribution in [0, 0.1) is 11.8 Å². The van der Waals surface area contributed by atoms with Crippen LogP contribution in [0.2, 0.25) is 0 Å². The maximum atomic E-state index is 11.0. The molecule has 3 N–H and O–H groups in total. The van der Waals surface area contributed by atoms with Crippen molar-refractivity contribution in [2.24, 2.45) is 17.6 Å². The molecule has 0 saturated heterocycles. The molecule has 1 aromatic carbocycles. The molecule has 3 heteroatoms. The molecule has 0 heterocycles. The molecule has 3 nitrogen and oxygen atoms in total. The molecule has 2 rings (SSSR count). The fourth-order valence-corrected chi connectivity index (χ4v) is 3.74. The van der Waals surface area contributed by atoms with Crippen LogP contribution in [0.5, 0.6) is 0 Å². The van der Waals surface area contributed by atoms with Gasteiger partial charge in [-0.2, -0.15) is 0 Å². The minimum atomic E-state index is -0.909. The zero-order valence-corrected chi connectivity index (χ0v) is 14.5. The minimum Gasteiger partial charge on any atom is -0.478 e. The lowest BCUT2D eigenvalue weighted by Gasteiger charge is -2.28. The number of nitrogens with two attached hydrogens (primary N) is 1. The molecule has 3 atom stereocenters. The summed E-state index contributed by atoms with van der Waals surface area (Å²) < 4.78 is 0. The highest BCUT2D eigenvalue weighted by atomic mass is 16.4. The highest BCUT2D eigenvalue weighted by Gasteiger charge is 2.34. The average molecular weight is 325 g/mol. The lowest BCUT2D eigenvalue weighted by Crippen LogP contribution is -2.25. The van der Waals surface area contributed by atoms with E-state index in [1.54, 1.807) is 12.1 Å². The van der Waals surface area contributed by atoms with Gasteiger partial charge >= 0.3 is 5.97 Å². The molecule has 128 valence electrons. The number of hydrogen-bond donors (Lipinski definition) is 2. The molecule has 1 aromatic rings. The summed E-state index contributed by atoms with van der Waals surface area (Å²) in [6.07, 6.45) is 9.57. The number of benzene rings is 1. The fourth-order valence-electron chi connectivity index (χ4n) is 3.74. The van der Waals surface area contributed by atoms with Gasteiger partial charge in [-0.1, -0.05) is 43.4 Å². The van der Waals surface area contributed by atoms with Crippen LogP contribution in [0.15, 0.2) is 60.2 Å². The molecule has 0 spiro atoms. The zero-order chi connectivity index (χ0) is 17.7. The van der Waals surface area contributed by atoms with Crippen LogP contribution in [0.1, 0.15) is 55.1 Å². The first-order valence-electron chi connectivity index (χ1n) is 8.54. The Morgan fingerprint density at radius 3 is 2.54 bits per heavy atom. The van der Waals surface area contributed by atoms with Gasteiger partial charge in [0.2, 0.25) is 0 Å². The molecular weight excluding hydrogens is 298 g/mol. The second-order valence-corrected chi connectivity index (χ2v) is 6.50. The van der Waals surface area contributed by atoms with Gasteiger partial charge in [0.15, 0.2) is 0 Å². The van der Waals surface area contributed by atoms with Crippen molar-refractivity contribution >= 4 is 5.97 Å². The van der Waals surface area contributed by atoms with Crippen LogP contribution < -0.4 is 5.73 Å². The topological polar surface area (TPSA) is 63.3 Å². The van der Waals surface area contributed by atoms with Gasteiger partial charge in [0.05, 0.1) is 5.56 Å². The summed E-state index contributed by atoms with van der Waals surface area (Å²) in [6, 6.07) is 6.89. The molecule has 0 aromatic heterocycles. The molecule has 3 unspecified atom stereocenters. The van der Waals surface area contributed by atoms with Crippen molar-refractivity contribution in [2.75, 3.05) is 0 Å². The van der Waals surface area contributed by atoms with Crippen molar-refractivity contribution in [2.45, 2.75) is 39.2 Å². The Morgan fingerprint density at radius 2 is 2.00 bits per heavy atom. The maximum Gasteiger partial charge on any atom is 0.335 e. The summed E-state index contributed by atoms with van der Waals surface area (Å²) >= 11 is 0. The highest BCUT2D eigenvalue weighted by Crippen LogP contribution is 2.44. The van der Waals surface area contributed by atoms with Crippen LogP contribution in [0.4, 0.5) is 0 Å². The molecule has 0 bridgehead atoms. The number of aromatic carboxylic acids is 1. The van der Waals surface area contributed by atoms with E-state index in [2.05, 4.69) is 25.7 Å². The van der Waals surface area contributed by atoms with E-state index in [4.69, 9.17) is 10.8 Å². The highest BCUT2D eigenvalue weighted by molar-refractivity contribution is 5.87. The van der Waals surface area contributed by atoms with E-state index in [9.17, 15) is 4.79 Å². The molecule has 0 amide bonds. The zero-order valence-electron chi connectivity index (χ0n) is 14.5. The van der Waals surface area contributed by atoms with Crippen LogP contribution in [0.25, 0.3) is 0 Å². The van der Waals surface area contributed by atoms with Crippen molar-refractivity contribution in [1.29, 1.82) is 0 Å². The molecular formula is C21H27NO2. The van der Waals surface area contributed by atoms with Gasteiger partial charge in [0.25, 0.3) is 0 Å². The Kier molecular flexibility index (Phi) is 6.16. The van der Waals surface area contributed by atoms with E-state index in [0.717, 1.165) is 18.4 Å². The number of carboxylic acid groups (broad SMARTS) is 1. The predicted octanol–water partition coefficient (Wildman–Crippen LogP) is 4.88. The van der Waals surface area contributed by atoms with E-state index < -0.39 is 5.97 Å². The molecule has 1 saturated carbocycles. The number of hydrogen-bond acceptors (Lipinski definition) is 2. The lowest BCUT2D eigenvalue weighted by atomic mass is 9.79. The summed E-state index contributed by atoms with van der Waals surface area (Å²) in [7, 11) is 0. The van der Waals surface area contributed by atoms with Gasteiger partial charge in [-0.25, -0.2) is 4.79 Å². The van der Waals surface area contributed by atoms with Gasteiger partial charge in [0, 0.05) is 6.04 Å². The van der Waals surface area contributed by atoms with Gasteiger partial charge in [-0.05, 0) is 67.4 Å². The van der Waals surface area contributed by atoms with Crippen molar-refractivity contribution in [3.8, 4) is 0 Å². The number of carbonyl (C=O) groups is 1. The van der Waals surface area contributed by atoms with Crippen LogP contribution in [0.3, 0.4) is 0 Å². The maximum absolute atomic E-state index is 11.0. The fraction of sp³-hybridized carbons (Fsp3) is 0.381. The SMILES string of the molecule is C=C/C(C)=C(\C=C/C)C1CCCC1C(N)c1ccc(C(=O)O)cc1. The normalized spacial score (nSPS) is 23.1. The number of allylic oxidation sites excluding steroid dienone is 5. The molecule has 0 radical (unpaired) electrons. The van der Waals surface area contributed by atoms with Crippen molar-refractivity contribution < 1.29 is 9.90 Å². The summed E-state index contributed by atoms with van der Waals surface area (Å²) in [4.78, 5) is 11.0. The van der Waals surface area contributed by atoms with Gasteiger partial charge in [0.1, 0.15) is 0 Å². The second-order valence-electron chi connectivity index (χ2n) is 6.50. The first-order valence-corrected chi connectivity index (χ1v) is 8.54. The number of rotatable bonds is 6. The Bertz CT molecular complexity index is 655. The molecule has 1 aliphatic carbocycles. The van der Waals surface area contributed by atoms with E-state index in [1.165, 1.54) is 17.6 Å². The van der Waals surface area contributed by atoms with Crippen LogP contribution in [-0.4, -0.2) is 11.1 Å². The third-order valence-electron chi connectivity index (χ3n) is 5.08. The molecule has 0 aliphatic heterocycles. The van der Waals surface area contributed by atoms with Crippen molar-refractivity contribution in [3.63, 3.8) is 0 Å². The van der Waals surface area contributed by atoms with Crippen LogP contribution in [-0.2, 0) is 0 Å². The Hall–Kier alpha value is -2.13. The van der Waals surface area contributed by atoms with Crippen molar-refractivity contribution in [1.82, 2.24) is 0 Å². The second kappa shape index (κ2) is 8.11.